The van der Waals surface area contributed by atoms with Gasteiger partial charge in [-0.15, -0.1) is 0 Å². The summed E-state index contributed by atoms with van der Waals surface area (Å²) in [5.74, 6) is -0.874. The summed E-state index contributed by atoms with van der Waals surface area (Å²) in [7, 11) is 1.23. The van der Waals surface area contributed by atoms with Crippen molar-refractivity contribution in [3.8, 4) is 5.75 Å². The Morgan fingerprint density at radius 2 is 2.14 bits per heavy atom. The van der Waals surface area contributed by atoms with Crippen molar-refractivity contribution in [3.05, 3.63) is 23.8 Å². The van der Waals surface area contributed by atoms with Crippen LogP contribution in [0.5, 0.6) is 5.75 Å². The van der Waals surface area contributed by atoms with E-state index >= 15 is 0 Å². The van der Waals surface area contributed by atoms with E-state index in [0.29, 0.717) is 12.2 Å². The minimum Gasteiger partial charge on any atom is -0.508 e. The number of thioether (sulfide) groups is 1. The number of phenols is 1. The topological polar surface area (TPSA) is 83.9 Å². The summed E-state index contributed by atoms with van der Waals surface area (Å²) in [4.78, 5) is 36.5. The van der Waals surface area contributed by atoms with Crippen molar-refractivity contribution in [1.29, 1.82) is 0 Å². The highest BCUT2D eigenvalue weighted by Gasteiger charge is 2.34. The molecule has 0 aromatic heterocycles. The van der Waals surface area contributed by atoms with E-state index in [1.54, 1.807) is 0 Å². The lowest BCUT2D eigenvalue weighted by Crippen LogP contribution is -2.27. The molecule has 1 atom stereocenters. The zero-order chi connectivity index (χ0) is 15.6. The standard InChI is InChI=1S/C14H15NO5S/c1-8(16)21-10-6-13(18)15(7-10)12-4-3-9(17)5-11(12)14(19)20-2/h3-5,10,17H,6-7H2,1-2H3. The third-order valence-corrected chi connectivity index (χ3v) is 4.08. The Bertz CT molecular complexity index is 601. The highest BCUT2D eigenvalue weighted by atomic mass is 32.2. The summed E-state index contributed by atoms with van der Waals surface area (Å²) in [6, 6.07) is 4.17. The monoisotopic (exact) mass is 309 g/mol. The number of methoxy groups -OCH3 is 1. The van der Waals surface area contributed by atoms with E-state index in [1.807, 2.05) is 0 Å². The molecule has 0 spiro atoms. The van der Waals surface area contributed by atoms with Crippen LogP contribution in [-0.2, 0) is 14.3 Å². The van der Waals surface area contributed by atoms with Crippen molar-refractivity contribution in [3.63, 3.8) is 0 Å². The number of carbonyl (C=O) groups excluding carboxylic acids is 3. The molecule has 1 amide bonds. The number of esters is 1. The van der Waals surface area contributed by atoms with Gasteiger partial charge in [-0.1, -0.05) is 11.8 Å². The van der Waals surface area contributed by atoms with Gasteiger partial charge in [0.05, 0.1) is 18.4 Å². The maximum atomic E-state index is 12.1. The van der Waals surface area contributed by atoms with Crippen LogP contribution in [0.15, 0.2) is 18.2 Å². The lowest BCUT2D eigenvalue weighted by Gasteiger charge is -2.19. The summed E-state index contributed by atoms with van der Waals surface area (Å²) >= 11 is 1.12. The van der Waals surface area contributed by atoms with E-state index in [4.69, 9.17) is 0 Å². The average molecular weight is 309 g/mol. The second-order valence-corrected chi connectivity index (χ2v) is 6.11. The molecule has 6 nitrogen and oxygen atoms in total. The normalized spacial score (nSPS) is 17.9. The van der Waals surface area contributed by atoms with Gasteiger partial charge in [0.2, 0.25) is 5.91 Å². The number of aromatic hydroxyl groups is 1. The molecule has 112 valence electrons. The van der Waals surface area contributed by atoms with Crippen LogP contribution in [-0.4, -0.2) is 41.0 Å². The fourth-order valence-corrected chi connectivity index (χ4v) is 3.17. The fourth-order valence-electron chi connectivity index (χ4n) is 2.25. The SMILES string of the molecule is COC(=O)c1cc(O)ccc1N1CC(SC(C)=O)CC1=O. The van der Waals surface area contributed by atoms with Gasteiger partial charge in [-0.25, -0.2) is 4.79 Å². The highest BCUT2D eigenvalue weighted by Crippen LogP contribution is 2.32. The molecule has 1 fully saturated rings. The molecule has 21 heavy (non-hydrogen) atoms. The number of benzene rings is 1. The van der Waals surface area contributed by atoms with E-state index < -0.39 is 5.97 Å². The maximum absolute atomic E-state index is 12.1. The van der Waals surface area contributed by atoms with Gasteiger partial charge < -0.3 is 14.7 Å². The van der Waals surface area contributed by atoms with Crippen molar-refractivity contribution in [2.75, 3.05) is 18.6 Å². The Kier molecular flexibility index (Phi) is 4.52. The Balaban J connectivity index is 2.31. The van der Waals surface area contributed by atoms with Gasteiger partial charge in [-0.3, -0.25) is 9.59 Å². The van der Waals surface area contributed by atoms with Gasteiger partial charge in [0, 0.05) is 25.1 Å². The lowest BCUT2D eigenvalue weighted by atomic mass is 10.1. The molecule has 0 aliphatic carbocycles. The molecule has 0 bridgehead atoms. The molecule has 1 aromatic carbocycles. The van der Waals surface area contributed by atoms with E-state index in [1.165, 1.54) is 37.1 Å². The molecule has 1 aliphatic rings. The Hall–Kier alpha value is -2.02. The van der Waals surface area contributed by atoms with Crippen molar-refractivity contribution in [2.45, 2.75) is 18.6 Å². The number of amides is 1. The average Bonchev–Trinajstić information content (AvgIpc) is 2.77. The molecule has 2 rings (SSSR count). The zero-order valence-corrected chi connectivity index (χ0v) is 12.5. The first-order valence-electron chi connectivity index (χ1n) is 6.31. The number of nitrogens with zero attached hydrogens (tertiary/aromatic N) is 1. The second kappa shape index (κ2) is 6.17. The van der Waals surface area contributed by atoms with Crippen LogP contribution >= 0.6 is 11.8 Å². The number of hydrogen-bond donors (Lipinski definition) is 1. The fraction of sp³-hybridized carbons (Fsp3) is 0.357. The van der Waals surface area contributed by atoms with Crippen LogP contribution in [0, 0.1) is 0 Å². The predicted molar refractivity (Wildman–Crippen MR) is 78.5 cm³/mol. The first kappa shape index (κ1) is 15.4. The number of carbonyl (C=O) groups is 3. The first-order chi connectivity index (χ1) is 9.92. The van der Waals surface area contributed by atoms with E-state index in [9.17, 15) is 19.5 Å². The third-order valence-electron chi connectivity index (χ3n) is 3.10. The lowest BCUT2D eigenvalue weighted by molar-refractivity contribution is -0.117. The molecule has 1 aliphatic heterocycles. The minimum absolute atomic E-state index is 0.0476. The number of anilines is 1. The molecule has 1 saturated heterocycles. The number of rotatable bonds is 3. The second-order valence-electron chi connectivity index (χ2n) is 4.63. The first-order valence-corrected chi connectivity index (χ1v) is 7.19. The predicted octanol–water partition coefficient (Wildman–Crippen LogP) is 1.56. The Labute approximate surface area is 126 Å². The van der Waals surface area contributed by atoms with Crippen LogP contribution in [0.1, 0.15) is 23.7 Å². The number of hydrogen-bond acceptors (Lipinski definition) is 6. The zero-order valence-electron chi connectivity index (χ0n) is 11.7. The Morgan fingerprint density at radius 1 is 1.43 bits per heavy atom. The molecule has 0 saturated carbocycles. The van der Waals surface area contributed by atoms with Crippen LogP contribution in [0.25, 0.3) is 0 Å². The quantitative estimate of drug-likeness (QED) is 0.853. The summed E-state index contributed by atoms with van der Waals surface area (Å²) < 4.78 is 4.67. The molecule has 1 N–H and O–H groups in total. The van der Waals surface area contributed by atoms with Crippen molar-refractivity contribution >= 4 is 34.4 Å². The van der Waals surface area contributed by atoms with Gasteiger partial charge in [0.15, 0.2) is 5.12 Å². The third kappa shape index (κ3) is 3.36. The molecule has 1 heterocycles. The largest absolute Gasteiger partial charge is 0.508 e. The number of ether oxygens (including phenoxy) is 1. The van der Waals surface area contributed by atoms with E-state index in [2.05, 4.69) is 4.74 Å². The van der Waals surface area contributed by atoms with E-state index in [-0.39, 0.29) is 34.0 Å². The molecular weight excluding hydrogens is 294 g/mol. The van der Waals surface area contributed by atoms with Crippen LogP contribution in [0.2, 0.25) is 0 Å². The minimum atomic E-state index is -0.628. The van der Waals surface area contributed by atoms with Gasteiger partial charge in [-0.2, -0.15) is 0 Å². The Morgan fingerprint density at radius 3 is 2.76 bits per heavy atom. The van der Waals surface area contributed by atoms with Gasteiger partial charge >= 0.3 is 5.97 Å². The van der Waals surface area contributed by atoms with Gasteiger partial charge in [0.25, 0.3) is 0 Å². The summed E-state index contributed by atoms with van der Waals surface area (Å²) in [6.07, 6.45) is 0.242. The molecular formula is C14H15NO5S. The summed E-state index contributed by atoms with van der Waals surface area (Å²) in [5, 5.41) is 9.32. The summed E-state index contributed by atoms with van der Waals surface area (Å²) in [5.41, 5.74) is 0.510. The van der Waals surface area contributed by atoms with Gasteiger partial charge in [-0.05, 0) is 18.2 Å². The number of phenolic OH excluding ortho intramolecular Hbond substituents is 1. The van der Waals surface area contributed by atoms with Crippen molar-refractivity contribution in [1.82, 2.24) is 0 Å². The van der Waals surface area contributed by atoms with E-state index in [0.717, 1.165) is 11.8 Å². The van der Waals surface area contributed by atoms with Crippen LogP contribution in [0.3, 0.4) is 0 Å². The summed E-state index contributed by atoms with van der Waals surface area (Å²) in [6.45, 7) is 1.80. The van der Waals surface area contributed by atoms with Crippen molar-refractivity contribution < 1.29 is 24.2 Å². The highest BCUT2D eigenvalue weighted by molar-refractivity contribution is 8.14. The van der Waals surface area contributed by atoms with Crippen LogP contribution in [0.4, 0.5) is 5.69 Å². The molecule has 1 aromatic rings. The smallest absolute Gasteiger partial charge is 0.340 e. The molecule has 0 radical (unpaired) electrons. The van der Waals surface area contributed by atoms with Crippen LogP contribution < -0.4 is 4.90 Å². The maximum Gasteiger partial charge on any atom is 0.340 e. The molecule has 7 heteroatoms. The molecule has 1 unspecified atom stereocenters. The van der Waals surface area contributed by atoms with Crippen molar-refractivity contribution in [2.24, 2.45) is 0 Å². The van der Waals surface area contributed by atoms with Gasteiger partial charge in [0.1, 0.15) is 5.75 Å².